The molecule has 3 rings (SSSR count). The second-order valence-electron chi connectivity index (χ2n) is 11.5. The molecule has 0 aliphatic carbocycles. The molecule has 1 saturated heterocycles. The molecule has 0 spiro atoms. The van der Waals surface area contributed by atoms with Gasteiger partial charge in [0.05, 0.1) is 10.2 Å². The molecule has 1 unspecified atom stereocenters. The van der Waals surface area contributed by atoms with Crippen LogP contribution in [-0.2, 0) is 20.9 Å². The number of benzene rings is 1. The normalized spacial score (nSPS) is 15.0. The average Bonchev–Trinajstić information content (AvgIpc) is 3.25. The molecular weight excluding hydrogens is 558 g/mol. The predicted molar refractivity (Wildman–Crippen MR) is 170 cm³/mol. The van der Waals surface area contributed by atoms with Crippen LogP contribution in [0.4, 0.5) is 0 Å². The van der Waals surface area contributed by atoms with Gasteiger partial charge in [-0.2, -0.15) is 0 Å². The maximum Gasteiger partial charge on any atom is 0.308 e. The first-order valence-corrected chi connectivity index (χ1v) is 17.0. The second-order valence-corrected chi connectivity index (χ2v) is 13.0. The summed E-state index contributed by atoms with van der Waals surface area (Å²) in [5.74, 6) is -0.174. The summed E-state index contributed by atoms with van der Waals surface area (Å²) in [6.45, 7) is 7.52. The summed E-state index contributed by atoms with van der Waals surface area (Å²) in [4.78, 5) is 41.6. The molecule has 230 valence electrons. The van der Waals surface area contributed by atoms with Crippen LogP contribution in [-0.4, -0.2) is 65.1 Å². The fourth-order valence-corrected chi connectivity index (χ4v) is 6.61. The van der Waals surface area contributed by atoms with Crippen molar-refractivity contribution in [2.24, 2.45) is 0 Å². The number of nitrogens with zero attached hydrogens (tertiary/aromatic N) is 3. The minimum atomic E-state index is -0.174. The van der Waals surface area contributed by atoms with Crippen LogP contribution in [0.2, 0.25) is 5.02 Å². The van der Waals surface area contributed by atoms with E-state index in [-0.39, 0.29) is 29.4 Å². The number of hydrogen-bond acceptors (Lipinski definition) is 6. The largest absolute Gasteiger partial charge is 0.461 e. The van der Waals surface area contributed by atoms with Gasteiger partial charge in [0.1, 0.15) is 12.6 Å². The van der Waals surface area contributed by atoms with Gasteiger partial charge in [-0.15, -0.1) is 0 Å². The Morgan fingerprint density at radius 2 is 1.49 bits per heavy atom. The monoisotopic (exact) mass is 607 g/mol. The number of aromatic nitrogens is 1. The molecular formula is C32H50ClN3O4S. The molecule has 2 aromatic rings. The van der Waals surface area contributed by atoms with E-state index in [1.54, 1.807) is 12.1 Å². The van der Waals surface area contributed by atoms with Crippen LogP contribution in [0, 0.1) is 0 Å². The van der Waals surface area contributed by atoms with E-state index >= 15 is 0 Å². The third kappa shape index (κ3) is 12.1. The lowest BCUT2D eigenvalue weighted by Crippen LogP contribution is -2.51. The minimum Gasteiger partial charge on any atom is -0.461 e. The highest BCUT2D eigenvalue weighted by atomic mass is 35.5. The van der Waals surface area contributed by atoms with Crippen molar-refractivity contribution >= 4 is 45.0 Å². The summed E-state index contributed by atoms with van der Waals surface area (Å²) in [5.41, 5.74) is 0.703. The molecule has 9 heteroatoms. The first-order valence-electron chi connectivity index (χ1n) is 15.9. The Kier molecular flexibility index (Phi) is 15.2. The van der Waals surface area contributed by atoms with E-state index in [2.05, 4.69) is 11.8 Å². The Balaban J connectivity index is 1.22. The van der Waals surface area contributed by atoms with Crippen LogP contribution in [0.15, 0.2) is 23.0 Å². The summed E-state index contributed by atoms with van der Waals surface area (Å²) >= 11 is 7.23. The van der Waals surface area contributed by atoms with Gasteiger partial charge in [-0.1, -0.05) is 107 Å². The molecule has 2 heterocycles. The number of esters is 1. The molecule has 41 heavy (non-hydrogen) atoms. The first-order chi connectivity index (χ1) is 19.9. The average molecular weight is 608 g/mol. The SMILES string of the molecule is CCCCCCCCCCCCCCCC(=O)OC(C)CN1CCN(C(=O)Cn2c(=O)sc3ccc(Cl)cc32)CC1. The predicted octanol–water partition coefficient (Wildman–Crippen LogP) is 7.27. The number of amides is 1. The number of hydrogen-bond donors (Lipinski definition) is 0. The van der Waals surface area contributed by atoms with E-state index in [0.29, 0.717) is 36.6 Å². The van der Waals surface area contributed by atoms with Crippen molar-refractivity contribution in [3.05, 3.63) is 32.9 Å². The van der Waals surface area contributed by atoms with Gasteiger partial charge < -0.3 is 9.64 Å². The highest BCUT2D eigenvalue weighted by Crippen LogP contribution is 2.22. The van der Waals surface area contributed by atoms with Gasteiger partial charge in [0.15, 0.2) is 0 Å². The third-order valence-corrected chi connectivity index (χ3v) is 9.18. The van der Waals surface area contributed by atoms with Gasteiger partial charge in [0.25, 0.3) is 0 Å². The molecule has 1 amide bonds. The van der Waals surface area contributed by atoms with Crippen LogP contribution < -0.4 is 4.87 Å². The number of thiazole rings is 1. The number of carbonyl (C=O) groups excluding carboxylic acids is 2. The van der Waals surface area contributed by atoms with Crippen molar-refractivity contribution < 1.29 is 14.3 Å². The lowest BCUT2D eigenvalue weighted by atomic mass is 10.0. The Labute approximate surface area is 255 Å². The number of halogens is 1. The molecule has 0 saturated carbocycles. The Morgan fingerprint density at radius 1 is 0.902 bits per heavy atom. The van der Waals surface area contributed by atoms with Gasteiger partial charge in [0, 0.05) is 44.2 Å². The molecule has 7 nitrogen and oxygen atoms in total. The van der Waals surface area contributed by atoms with Gasteiger partial charge in [0.2, 0.25) is 5.91 Å². The number of rotatable bonds is 19. The standard InChI is InChI=1S/C32H50ClN3O4S/c1-3-4-5-6-7-8-9-10-11-12-13-14-15-16-31(38)40-26(2)24-34-19-21-35(22-20-34)30(37)25-36-28-23-27(33)17-18-29(28)41-32(36)39/h17-18,23,26H,3-16,19-22,24-25H2,1-2H3. The van der Waals surface area contributed by atoms with E-state index < -0.39 is 0 Å². The molecule has 0 radical (unpaired) electrons. The Bertz CT molecular complexity index is 1130. The van der Waals surface area contributed by atoms with Crippen LogP contribution in [0.1, 0.15) is 104 Å². The van der Waals surface area contributed by atoms with Crippen LogP contribution in [0.25, 0.3) is 10.2 Å². The fourth-order valence-electron chi connectivity index (χ4n) is 5.57. The van der Waals surface area contributed by atoms with E-state index in [4.69, 9.17) is 16.3 Å². The van der Waals surface area contributed by atoms with Crippen molar-refractivity contribution in [2.75, 3.05) is 32.7 Å². The van der Waals surface area contributed by atoms with E-state index in [1.807, 2.05) is 17.9 Å². The summed E-state index contributed by atoms with van der Waals surface area (Å²) < 4.78 is 8.00. The zero-order chi connectivity index (χ0) is 29.5. The van der Waals surface area contributed by atoms with Gasteiger partial charge in [-0.3, -0.25) is 23.9 Å². The first kappa shape index (κ1) is 33.6. The van der Waals surface area contributed by atoms with Crippen LogP contribution in [0.3, 0.4) is 0 Å². The summed E-state index contributed by atoms with van der Waals surface area (Å²) in [6.07, 6.45) is 17.1. The zero-order valence-electron chi connectivity index (χ0n) is 25.2. The Morgan fingerprint density at radius 3 is 2.10 bits per heavy atom. The molecule has 1 aromatic heterocycles. The quantitative estimate of drug-likeness (QED) is 0.124. The fraction of sp³-hybridized carbons (Fsp3) is 0.719. The zero-order valence-corrected chi connectivity index (χ0v) is 26.8. The van der Waals surface area contributed by atoms with E-state index in [0.717, 1.165) is 42.0 Å². The van der Waals surface area contributed by atoms with Crippen molar-refractivity contribution in [1.29, 1.82) is 0 Å². The van der Waals surface area contributed by atoms with Gasteiger partial charge >= 0.3 is 10.8 Å². The molecule has 1 aliphatic rings. The number of carbonyl (C=O) groups is 2. The van der Waals surface area contributed by atoms with Crippen molar-refractivity contribution in [1.82, 2.24) is 14.4 Å². The molecule has 0 bridgehead atoms. The van der Waals surface area contributed by atoms with Gasteiger partial charge in [-0.05, 0) is 31.5 Å². The molecule has 0 N–H and O–H groups in total. The molecule has 1 aromatic carbocycles. The molecule has 1 aliphatic heterocycles. The number of ether oxygens (including phenoxy) is 1. The minimum absolute atomic E-state index is 0.0202. The summed E-state index contributed by atoms with van der Waals surface area (Å²) in [6, 6.07) is 5.31. The summed E-state index contributed by atoms with van der Waals surface area (Å²) in [7, 11) is 0. The van der Waals surface area contributed by atoms with Crippen molar-refractivity contribution in [3.8, 4) is 0 Å². The van der Waals surface area contributed by atoms with E-state index in [1.165, 1.54) is 75.2 Å². The third-order valence-electron chi connectivity index (χ3n) is 7.98. The van der Waals surface area contributed by atoms with E-state index in [9.17, 15) is 14.4 Å². The number of fused-ring (bicyclic) bond motifs is 1. The highest BCUT2D eigenvalue weighted by Gasteiger charge is 2.24. The Hall–Kier alpha value is -1.90. The van der Waals surface area contributed by atoms with Crippen molar-refractivity contribution in [2.45, 2.75) is 116 Å². The smallest absolute Gasteiger partial charge is 0.308 e. The van der Waals surface area contributed by atoms with Crippen LogP contribution >= 0.6 is 22.9 Å². The van der Waals surface area contributed by atoms with Crippen LogP contribution in [0.5, 0.6) is 0 Å². The molecule has 1 fully saturated rings. The van der Waals surface area contributed by atoms with Gasteiger partial charge in [-0.25, -0.2) is 0 Å². The topological polar surface area (TPSA) is 71.8 Å². The second kappa shape index (κ2) is 18.6. The maximum atomic E-state index is 12.9. The highest BCUT2D eigenvalue weighted by molar-refractivity contribution is 7.16. The van der Waals surface area contributed by atoms with Crippen molar-refractivity contribution in [3.63, 3.8) is 0 Å². The number of unbranched alkanes of at least 4 members (excludes halogenated alkanes) is 12. The molecule has 1 atom stereocenters. The maximum absolute atomic E-state index is 12.9. The lowest BCUT2D eigenvalue weighted by Gasteiger charge is -2.35. The number of piperazine rings is 1. The lowest BCUT2D eigenvalue weighted by molar-refractivity contribution is -0.149. The summed E-state index contributed by atoms with van der Waals surface area (Å²) in [5, 5.41) is 0.546.